The molecule has 3 heterocycles. The molecule has 10 heteroatoms. The predicted molar refractivity (Wildman–Crippen MR) is 160 cm³/mol. The van der Waals surface area contributed by atoms with Crippen LogP contribution in [0.4, 0.5) is 13.2 Å². The number of nitrogens with zero attached hydrogens (tertiary/aromatic N) is 3. The van der Waals surface area contributed by atoms with Gasteiger partial charge in [0, 0.05) is 42.0 Å². The minimum Gasteiger partial charge on any atom is -0.392 e. The Hall–Kier alpha value is -3.99. The molecule has 2 aromatic heterocycles. The second kappa shape index (κ2) is 11.3. The number of fused-ring (bicyclic) bond motifs is 1. The number of benzene rings is 3. The number of aliphatic hydroxyl groups is 1. The number of rotatable bonds is 6. The van der Waals surface area contributed by atoms with Crippen LogP contribution in [-0.2, 0) is 22.7 Å². The molecule has 5 aromatic rings. The summed E-state index contributed by atoms with van der Waals surface area (Å²) in [7, 11) is -4.05. The molecule has 0 radical (unpaired) electrons. The van der Waals surface area contributed by atoms with Crippen molar-refractivity contribution in [1.82, 2.24) is 13.9 Å². The van der Waals surface area contributed by atoms with Gasteiger partial charge in [-0.2, -0.15) is 13.2 Å². The predicted octanol–water partition coefficient (Wildman–Crippen LogP) is 6.89. The molecule has 1 N–H and O–H groups in total. The highest BCUT2D eigenvalue weighted by atomic mass is 32.2. The molecule has 6 nitrogen and oxygen atoms in total. The number of halogens is 3. The summed E-state index contributed by atoms with van der Waals surface area (Å²) in [4.78, 5) is 6.87. The Morgan fingerprint density at radius 1 is 0.930 bits per heavy atom. The van der Waals surface area contributed by atoms with Crippen LogP contribution in [0.5, 0.6) is 0 Å². The van der Waals surface area contributed by atoms with Crippen LogP contribution in [0.25, 0.3) is 33.3 Å². The number of alkyl halides is 3. The highest BCUT2D eigenvalue weighted by Crippen LogP contribution is 2.37. The van der Waals surface area contributed by atoms with E-state index in [4.69, 9.17) is 0 Å². The number of piperidine rings is 1. The lowest BCUT2D eigenvalue weighted by molar-refractivity contribution is -0.137. The van der Waals surface area contributed by atoms with E-state index in [1.165, 1.54) is 30.5 Å². The smallest absolute Gasteiger partial charge is 0.392 e. The topological polar surface area (TPSA) is 75.4 Å². The molecule has 0 aliphatic carbocycles. The zero-order valence-electron chi connectivity index (χ0n) is 23.4. The summed E-state index contributed by atoms with van der Waals surface area (Å²) < 4.78 is 68.3. The van der Waals surface area contributed by atoms with Gasteiger partial charge in [0.1, 0.15) is 0 Å². The molecular weight excluding hydrogens is 575 g/mol. The molecule has 6 rings (SSSR count). The highest BCUT2D eigenvalue weighted by Gasteiger charge is 2.30. The van der Waals surface area contributed by atoms with Crippen LogP contribution in [0.15, 0.2) is 96.2 Å². The van der Waals surface area contributed by atoms with E-state index in [0.717, 1.165) is 64.3 Å². The number of aliphatic hydroxyl groups excluding tert-OH is 1. The summed E-state index contributed by atoms with van der Waals surface area (Å²) in [5, 5.41) is 10.5. The fourth-order valence-corrected chi connectivity index (χ4v) is 6.87. The van der Waals surface area contributed by atoms with Crippen molar-refractivity contribution >= 4 is 21.1 Å². The largest absolute Gasteiger partial charge is 0.416 e. The Kier molecular flexibility index (Phi) is 7.62. The summed E-state index contributed by atoms with van der Waals surface area (Å²) in [6, 6.07) is 20.9. The summed E-state index contributed by atoms with van der Waals surface area (Å²) in [6.07, 6.45) is 0.0344. The van der Waals surface area contributed by atoms with Gasteiger partial charge in [-0.1, -0.05) is 54.1 Å². The number of likely N-dealkylation sites (tertiary alicyclic amines) is 1. The Morgan fingerprint density at radius 2 is 1.60 bits per heavy atom. The first-order chi connectivity index (χ1) is 20.5. The van der Waals surface area contributed by atoms with E-state index < -0.39 is 21.8 Å². The summed E-state index contributed by atoms with van der Waals surface area (Å²) in [5.41, 5.74) is 3.90. The van der Waals surface area contributed by atoms with E-state index >= 15 is 0 Å². The lowest BCUT2D eigenvalue weighted by Gasteiger charge is -2.29. The summed E-state index contributed by atoms with van der Waals surface area (Å²) >= 11 is 0. The first-order valence-electron chi connectivity index (χ1n) is 14.0. The lowest BCUT2D eigenvalue weighted by atomic mass is 10.0. The Balaban J connectivity index is 1.41. The third-order valence-corrected chi connectivity index (χ3v) is 9.55. The van der Waals surface area contributed by atoms with E-state index in [2.05, 4.69) is 9.88 Å². The standard InChI is InChI=1S/C33H30F3N3O3S/c1-22-4-14-29(15-5-22)43(41,42)39-21-31(25-10-12-27(13-11-25)33(34,35)36)30-17-26(18-37-32(30)39)24-8-6-23(7-9-24)19-38-16-2-3-28(40)20-38/h4-15,17-18,21,28,40H,2-3,16,19-20H2,1H3. The normalized spacial score (nSPS) is 16.5. The first kappa shape index (κ1) is 29.1. The van der Waals surface area contributed by atoms with Gasteiger partial charge in [0.05, 0.1) is 16.6 Å². The van der Waals surface area contributed by atoms with Crippen molar-refractivity contribution in [3.05, 3.63) is 108 Å². The van der Waals surface area contributed by atoms with Crippen molar-refractivity contribution in [3.8, 4) is 22.3 Å². The van der Waals surface area contributed by atoms with E-state index in [-0.39, 0.29) is 16.6 Å². The highest BCUT2D eigenvalue weighted by molar-refractivity contribution is 7.90. The summed E-state index contributed by atoms with van der Waals surface area (Å²) in [6.45, 7) is 4.18. The van der Waals surface area contributed by atoms with Crippen LogP contribution in [-0.4, -0.2) is 46.6 Å². The molecule has 3 aromatic carbocycles. The van der Waals surface area contributed by atoms with Gasteiger partial charge in [-0.15, -0.1) is 0 Å². The van der Waals surface area contributed by atoms with Gasteiger partial charge in [-0.3, -0.25) is 4.90 Å². The third-order valence-electron chi connectivity index (χ3n) is 7.89. The fourth-order valence-electron chi connectivity index (χ4n) is 5.55. The van der Waals surface area contributed by atoms with Crippen molar-refractivity contribution in [1.29, 1.82) is 0 Å². The SMILES string of the molecule is Cc1ccc(S(=O)(=O)n2cc(-c3ccc(C(F)(F)F)cc3)c3cc(-c4ccc(CN5CCCC(O)C5)cc4)cnc32)cc1. The number of hydrogen-bond donors (Lipinski definition) is 1. The molecule has 1 aliphatic rings. The van der Waals surface area contributed by atoms with Crippen LogP contribution in [0.2, 0.25) is 0 Å². The molecule has 222 valence electrons. The zero-order chi connectivity index (χ0) is 30.4. The average Bonchev–Trinajstić information content (AvgIpc) is 3.37. The first-order valence-corrected chi connectivity index (χ1v) is 15.4. The van der Waals surface area contributed by atoms with Crippen LogP contribution < -0.4 is 0 Å². The Labute approximate surface area is 248 Å². The van der Waals surface area contributed by atoms with E-state index in [1.54, 1.807) is 18.3 Å². The van der Waals surface area contributed by atoms with E-state index in [0.29, 0.717) is 23.1 Å². The maximum atomic E-state index is 13.7. The molecule has 1 aliphatic heterocycles. The molecule has 0 bridgehead atoms. The van der Waals surface area contributed by atoms with Crippen LogP contribution in [0.3, 0.4) is 0 Å². The molecule has 1 fully saturated rings. The van der Waals surface area contributed by atoms with Crippen LogP contribution in [0.1, 0.15) is 29.5 Å². The van der Waals surface area contributed by atoms with Gasteiger partial charge in [0.2, 0.25) is 0 Å². The Morgan fingerprint density at radius 3 is 2.26 bits per heavy atom. The second-order valence-electron chi connectivity index (χ2n) is 11.1. The zero-order valence-corrected chi connectivity index (χ0v) is 24.2. The molecule has 1 unspecified atom stereocenters. The van der Waals surface area contributed by atoms with Crippen molar-refractivity contribution in [2.75, 3.05) is 13.1 Å². The van der Waals surface area contributed by atoms with Crippen molar-refractivity contribution in [2.24, 2.45) is 0 Å². The van der Waals surface area contributed by atoms with Crippen molar-refractivity contribution in [3.63, 3.8) is 0 Å². The monoisotopic (exact) mass is 605 g/mol. The summed E-state index contributed by atoms with van der Waals surface area (Å²) in [5.74, 6) is 0. The van der Waals surface area contributed by atoms with Crippen LogP contribution >= 0.6 is 0 Å². The lowest BCUT2D eigenvalue weighted by Crippen LogP contribution is -2.37. The van der Waals surface area contributed by atoms with Crippen molar-refractivity contribution < 1.29 is 26.7 Å². The average molecular weight is 606 g/mol. The maximum Gasteiger partial charge on any atom is 0.416 e. The third kappa shape index (κ3) is 5.95. The molecule has 1 atom stereocenters. The number of aryl methyl sites for hydroxylation is 1. The number of β-amino-alcohol motifs (C(OH)–C–C–N with tert-alkyl or cyclic N) is 1. The van der Waals surface area contributed by atoms with Crippen molar-refractivity contribution in [2.45, 2.75) is 43.5 Å². The van der Waals surface area contributed by atoms with Gasteiger partial charge in [0.25, 0.3) is 10.0 Å². The molecule has 43 heavy (non-hydrogen) atoms. The molecular formula is C33H30F3N3O3S. The van der Waals surface area contributed by atoms with Gasteiger partial charge in [-0.05, 0) is 73.3 Å². The van der Waals surface area contributed by atoms with E-state index in [9.17, 15) is 26.7 Å². The van der Waals surface area contributed by atoms with Gasteiger partial charge in [0.15, 0.2) is 5.65 Å². The number of hydrogen-bond acceptors (Lipinski definition) is 5. The Bertz CT molecular complexity index is 1870. The second-order valence-corrected chi connectivity index (χ2v) is 12.9. The molecule has 0 spiro atoms. The van der Waals surface area contributed by atoms with Gasteiger partial charge < -0.3 is 5.11 Å². The number of pyridine rings is 1. The minimum absolute atomic E-state index is 0.0802. The molecule has 0 saturated carbocycles. The quantitative estimate of drug-likeness (QED) is 0.228. The number of aromatic nitrogens is 2. The molecule has 1 saturated heterocycles. The minimum atomic E-state index is -4.49. The van der Waals surface area contributed by atoms with Gasteiger partial charge >= 0.3 is 6.18 Å². The van der Waals surface area contributed by atoms with E-state index in [1.807, 2.05) is 37.3 Å². The van der Waals surface area contributed by atoms with Gasteiger partial charge in [-0.25, -0.2) is 17.4 Å². The molecule has 0 amide bonds. The fraction of sp³-hybridized carbons (Fsp3) is 0.242. The van der Waals surface area contributed by atoms with Crippen LogP contribution in [0, 0.1) is 6.92 Å². The maximum absolute atomic E-state index is 13.7.